The number of hydrogen-bond acceptors (Lipinski definition) is 2. The summed E-state index contributed by atoms with van der Waals surface area (Å²) in [5.41, 5.74) is 2.85. The van der Waals surface area contributed by atoms with Crippen molar-refractivity contribution in [1.29, 1.82) is 0 Å². The fraction of sp³-hybridized carbons (Fsp3) is 0.0870. The van der Waals surface area contributed by atoms with Crippen molar-refractivity contribution in [3.8, 4) is 0 Å². The lowest BCUT2D eigenvalue weighted by Crippen LogP contribution is -2.06. The van der Waals surface area contributed by atoms with E-state index < -0.39 is 0 Å². The van der Waals surface area contributed by atoms with Crippen LogP contribution in [0.3, 0.4) is 0 Å². The molecule has 0 unspecified atom stereocenters. The van der Waals surface area contributed by atoms with E-state index >= 15 is 0 Å². The maximum atomic E-state index is 12.4. The van der Waals surface area contributed by atoms with Gasteiger partial charge in [0.1, 0.15) is 6.61 Å². The van der Waals surface area contributed by atoms with Crippen LogP contribution in [0.4, 0.5) is 0 Å². The lowest BCUT2D eigenvalue weighted by Gasteiger charge is -2.15. The van der Waals surface area contributed by atoms with Gasteiger partial charge in [0.25, 0.3) is 0 Å². The molecule has 0 amide bonds. The smallest absolute Gasteiger partial charge is 0.338 e. The number of esters is 1. The van der Waals surface area contributed by atoms with E-state index in [1.54, 1.807) is 12.1 Å². The molecule has 0 bridgehead atoms. The third-order valence-electron chi connectivity index (χ3n) is 4.74. The molecule has 128 valence electrons. The summed E-state index contributed by atoms with van der Waals surface area (Å²) in [6, 6.07) is 23.8. The predicted molar refractivity (Wildman–Crippen MR) is 109 cm³/mol. The van der Waals surface area contributed by atoms with Crippen molar-refractivity contribution in [2.24, 2.45) is 0 Å². The fourth-order valence-corrected chi connectivity index (χ4v) is 3.66. The molecule has 2 nitrogen and oxygen atoms in total. The maximum absolute atomic E-state index is 12.4. The lowest BCUT2D eigenvalue weighted by molar-refractivity contribution is 0.0476. The number of carbonyl (C=O) groups excluding carboxylic acids is 1. The lowest BCUT2D eigenvalue weighted by atomic mass is 9.93. The molecule has 0 aliphatic heterocycles. The number of halogens is 1. The highest BCUT2D eigenvalue weighted by atomic mass is 79.9. The van der Waals surface area contributed by atoms with Gasteiger partial charge in [0.2, 0.25) is 0 Å². The van der Waals surface area contributed by atoms with Gasteiger partial charge >= 0.3 is 5.97 Å². The number of ether oxygens (including phenoxy) is 1. The molecule has 0 heterocycles. The van der Waals surface area contributed by atoms with Crippen molar-refractivity contribution >= 4 is 43.4 Å². The topological polar surface area (TPSA) is 26.3 Å². The Kier molecular flexibility index (Phi) is 4.48. The first-order valence-electron chi connectivity index (χ1n) is 8.47. The molecule has 3 heteroatoms. The van der Waals surface area contributed by atoms with E-state index in [1.165, 1.54) is 16.3 Å². The number of aryl methyl sites for hydroxylation is 1. The first kappa shape index (κ1) is 16.8. The van der Waals surface area contributed by atoms with Crippen molar-refractivity contribution < 1.29 is 9.53 Å². The Hall–Kier alpha value is -2.65. The molecule has 0 radical (unpaired) electrons. The second-order valence-corrected chi connectivity index (χ2v) is 7.19. The Balaban J connectivity index is 1.76. The Bertz CT molecular complexity index is 1060. The first-order valence-corrected chi connectivity index (χ1v) is 9.26. The number of carbonyl (C=O) groups is 1. The van der Waals surface area contributed by atoms with Gasteiger partial charge in [-0.3, -0.25) is 0 Å². The maximum Gasteiger partial charge on any atom is 0.338 e. The zero-order valence-electron chi connectivity index (χ0n) is 14.3. The number of rotatable bonds is 3. The molecule has 0 saturated heterocycles. The molecule has 26 heavy (non-hydrogen) atoms. The SMILES string of the molecule is Cc1c2ccccc2c(COC(=O)c2ccc(Br)cc2)c2ccccc12. The average Bonchev–Trinajstić information content (AvgIpc) is 2.68. The molecule has 0 saturated carbocycles. The second-order valence-electron chi connectivity index (χ2n) is 6.28. The second kappa shape index (κ2) is 6.93. The van der Waals surface area contributed by atoms with Crippen molar-refractivity contribution in [3.63, 3.8) is 0 Å². The first-order chi connectivity index (χ1) is 12.6. The van der Waals surface area contributed by atoms with Crippen LogP contribution in [0.25, 0.3) is 21.5 Å². The zero-order valence-corrected chi connectivity index (χ0v) is 15.9. The van der Waals surface area contributed by atoms with Gasteiger partial charge in [-0.1, -0.05) is 64.5 Å². The molecule has 0 aromatic heterocycles. The summed E-state index contributed by atoms with van der Waals surface area (Å²) in [4.78, 5) is 12.4. The summed E-state index contributed by atoms with van der Waals surface area (Å²) >= 11 is 3.38. The largest absolute Gasteiger partial charge is 0.457 e. The van der Waals surface area contributed by atoms with Gasteiger partial charge in [0.15, 0.2) is 0 Å². The van der Waals surface area contributed by atoms with Crippen LogP contribution in [0.1, 0.15) is 21.5 Å². The van der Waals surface area contributed by atoms with Gasteiger partial charge in [0, 0.05) is 10.0 Å². The molecule has 0 atom stereocenters. The molecular weight excluding hydrogens is 388 g/mol. The van der Waals surface area contributed by atoms with Crippen LogP contribution in [0, 0.1) is 6.92 Å². The minimum absolute atomic E-state index is 0.246. The summed E-state index contributed by atoms with van der Waals surface area (Å²) in [5.74, 6) is -0.314. The molecule has 4 rings (SSSR count). The molecule has 4 aromatic rings. The monoisotopic (exact) mass is 404 g/mol. The van der Waals surface area contributed by atoms with Crippen molar-refractivity contribution in [3.05, 3.63) is 94.0 Å². The third kappa shape index (κ3) is 2.99. The summed E-state index contributed by atoms with van der Waals surface area (Å²) in [5, 5.41) is 4.65. The highest BCUT2D eigenvalue weighted by molar-refractivity contribution is 9.10. The van der Waals surface area contributed by atoms with Crippen molar-refractivity contribution in [2.45, 2.75) is 13.5 Å². The fourth-order valence-electron chi connectivity index (χ4n) is 3.40. The molecule has 0 fully saturated rings. The molecule has 4 aromatic carbocycles. The summed E-state index contributed by atoms with van der Waals surface area (Å²) in [6.07, 6.45) is 0. The van der Waals surface area contributed by atoms with Crippen molar-refractivity contribution in [2.75, 3.05) is 0 Å². The van der Waals surface area contributed by atoms with Gasteiger partial charge in [-0.25, -0.2) is 4.79 Å². The molecule has 0 spiro atoms. The summed E-state index contributed by atoms with van der Waals surface area (Å²) < 4.78 is 6.59. The normalized spacial score (nSPS) is 11.0. The van der Waals surface area contributed by atoms with Gasteiger partial charge in [-0.2, -0.15) is 0 Å². The van der Waals surface area contributed by atoms with E-state index in [-0.39, 0.29) is 12.6 Å². The molecular formula is C23H17BrO2. The minimum Gasteiger partial charge on any atom is -0.457 e. The standard InChI is InChI=1S/C23H17BrO2/c1-15-18-6-2-4-8-20(18)22(21-9-5-3-7-19(15)21)14-26-23(25)16-10-12-17(24)13-11-16/h2-13H,14H2,1H3. The van der Waals surface area contributed by atoms with Crippen LogP contribution < -0.4 is 0 Å². The van der Waals surface area contributed by atoms with E-state index in [4.69, 9.17) is 4.74 Å². The quantitative estimate of drug-likeness (QED) is 0.290. The third-order valence-corrected chi connectivity index (χ3v) is 5.27. The number of benzene rings is 4. The Morgan fingerprint density at radius 1 is 0.808 bits per heavy atom. The zero-order chi connectivity index (χ0) is 18.1. The Morgan fingerprint density at radius 2 is 1.31 bits per heavy atom. The van der Waals surface area contributed by atoms with Crippen LogP contribution in [0.5, 0.6) is 0 Å². The van der Waals surface area contributed by atoms with Gasteiger partial charge in [-0.15, -0.1) is 0 Å². The van der Waals surface area contributed by atoms with Crippen LogP contribution in [0.2, 0.25) is 0 Å². The van der Waals surface area contributed by atoms with Crippen molar-refractivity contribution in [1.82, 2.24) is 0 Å². The number of hydrogen-bond donors (Lipinski definition) is 0. The molecule has 0 aliphatic rings. The summed E-state index contributed by atoms with van der Waals surface area (Å²) in [7, 11) is 0. The molecule has 0 aliphatic carbocycles. The van der Waals surface area contributed by atoms with Gasteiger partial charge < -0.3 is 4.74 Å². The Labute approximate surface area is 160 Å². The van der Waals surface area contributed by atoms with Crippen LogP contribution in [-0.2, 0) is 11.3 Å². The van der Waals surface area contributed by atoms with Crippen LogP contribution in [0.15, 0.2) is 77.3 Å². The minimum atomic E-state index is -0.314. The van der Waals surface area contributed by atoms with Crippen LogP contribution >= 0.6 is 15.9 Å². The van der Waals surface area contributed by atoms with E-state index in [9.17, 15) is 4.79 Å². The predicted octanol–water partition coefficient (Wildman–Crippen LogP) is 6.42. The van der Waals surface area contributed by atoms with E-state index in [0.717, 1.165) is 20.8 Å². The van der Waals surface area contributed by atoms with E-state index in [1.807, 2.05) is 36.4 Å². The molecule has 0 N–H and O–H groups in total. The van der Waals surface area contributed by atoms with E-state index in [2.05, 4.69) is 47.1 Å². The van der Waals surface area contributed by atoms with Gasteiger partial charge in [0.05, 0.1) is 5.56 Å². The van der Waals surface area contributed by atoms with Gasteiger partial charge in [-0.05, 0) is 58.3 Å². The number of fused-ring (bicyclic) bond motifs is 2. The average molecular weight is 405 g/mol. The summed E-state index contributed by atoms with van der Waals surface area (Å²) in [6.45, 7) is 2.39. The van der Waals surface area contributed by atoms with Crippen LogP contribution in [-0.4, -0.2) is 5.97 Å². The van der Waals surface area contributed by atoms with E-state index in [0.29, 0.717) is 5.56 Å². The highest BCUT2D eigenvalue weighted by Crippen LogP contribution is 2.33. The highest BCUT2D eigenvalue weighted by Gasteiger charge is 2.13. The Morgan fingerprint density at radius 3 is 1.85 bits per heavy atom.